The van der Waals surface area contributed by atoms with Crippen molar-refractivity contribution in [3.05, 3.63) is 21.8 Å². The van der Waals surface area contributed by atoms with Crippen molar-refractivity contribution in [2.45, 2.75) is 6.92 Å². The minimum atomic E-state index is -1.07. The highest BCUT2D eigenvalue weighted by Crippen LogP contribution is 1.98. The molecule has 0 aliphatic heterocycles. The smallest absolute Gasteiger partial charge is 0.338 e. The monoisotopic (exact) mass is 254 g/mol. The number of imide groups is 1. The van der Waals surface area contributed by atoms with Gasteiger partial charge in [-0.2, -0.15) is 0 Å². The van der Waals surface area contributed by atoms with E-state index in [-0.39, 0.29) is 0 Å². The number of azide groups is 1. The average molecular weight is 254 g/mol. The van der Waals surface area contributed by atoms with E-state index in [2.05, 4.69) is 15.0 Å². The van der Waals surface area contributed by atoms with Gasteiger partial charge >= 0.3 is 6.03 Å². The van der Waals surface area contributed by atoms with Crippen LogP contribution >= 0.6 is 0 Å². The van der Waals surface area contributed by atoms with Crippen molar-refractivity contribution in [3.63, 3.8) is 0 Å². The summed E-state index contributed by atoms with van der Waals surface area (Å²) in [5.74, 6) is -2.34. The number of carbonyl (C=O) groups excluding carboxylic acids is 3. The number of nitrogens with one attached hydrogen (secondary N) is 1. The summed E-state index contributed by atoms with van der Waals surface area (Å²) in [6, 6.07) is -1.07. The molecule has 0 atom stereocenters. The zero-order valence-corrected chi connectivity index (χ0v) is 9.32. The van der Waals surface area contributed by atoms with Gasteiger partial charge in [-0.05, 0) is 12.5 Å². The highest BCUT2D eigenvalue weighted by atomic mass is 16.3. The Bertz CT molecular complexity index is 470. The molecule has 96 valence electrons. The SMILES string of the molecule is C/C(O)=C(\C=N/C(N)=O)C(=O)NC(=O)CN=[N+]=[N-]. The lowest BCUT2D eigenvalue weighted by Crippen LogP contribution is -2.34. The van der Waals surface area contributed by atoms with Crippen molar-refractivity contribution in [1.29, 1.82) is 0 Å². The first-order chi connectivity index (χ1) is 8.38. The van der Waals surface area contributed by atoms with Gasteiger partial charge in [-0.1, -0.05) is 5.11 Å². The van der Waals surface area contributed by atoms with Crippen LogP contribution in [-0.2, 0) is 9.59 Å². The second kappa shape index (κ2) is 7.41. The third-order valence-electron chi connectivity index (χ3n) is 1.49. The Balaban J connectivity index is 4.81. The molecule has 0 fully saturated rings. The molecule has 0 aromatic carbocycles. The van der Waals surface area contributed by atoms with E-state index >= 15 is 0 Å². The van der Waals surface area contributed by atoms with Crippen molar-refractivity contribution in [3.8, 4) is 0 Å². The van der Waals surface area contributed by atoms with Gasteiger partial charge in [0.25, 0.3) is 5.91 Å². The van der Waals surface area contributed by atoms with Crippen LogP contribution in [0, 0.1) is 0 Å². The van der Waals surface area contributed by atoms with Crippen molar-refractivity contribution in [2.75, 3.05) is 6.54 Å². The molecule has 0 spiro atoms. The summed E-state index contributed by atoms with van der Waals surface area (Å²) < 4.78 is 0. The number of rotatable bonds is 4. The average Bonchev–Trinajstić information content (AvgIpc) is 2.25. The number of amides is 4. The maximum atomic E-state index is 11.4. The largest absolute Gasteiger partial charge is 0.512 e. The van der Waals surface area contributed by atoms with Gasteiger partial charge in [0, 0.05) is 11.1 Å². The second-order valence-corrected chi connectivity index (χ2v) is 2.86. The second-order valence-electron chi connectivity index (χ2n) is 2.86. The molecule has 0 bridgehead atoms. The standard InChI is InChI=1S/C8H10N6O4/c1-4(15)5(2-11-8(9)18)7(17)13-6(16)3-12-14-10/h2,15H,3H2,1H3,(H2,9,18)(H,13,16,17)/b5-4-,11-2-. The fourth-order valence-electron chi connectivity index (χ4n) is 0.774. The minimum Gasteiger partial charge on any atom is -0.512 e. The summed E-state index contributed by atoms with van der Waals surface area (Å²) >= 11 is 0. The molecule has 18 heavy (non-hydrogen) atoms. The van der Waals surface area contributed by atoms with Gasteiger partial charge in [-0.15, -0.1) is 0 Å². The fourth-order valence-corrected chi connectivity index (χ4v) is 0.774. The van der Waals surface area contributed by atoms with Gasteiger partial charge in [0.2, 0.25) is 5.91 Å². The maximum absolute atomic E-state index is 11.4. The predicted molar refractivity (Wildman–Crippen MR) is 60.6 cm³/mol. The lowest BCUT2D eigenvalue weighted by atomic mass is 10.2. The van der Waals surface area contributed by atoms with E-state index in [1.165, 1.54) is 0 Å². The van der Waals surface area contributed by atoms with Crippen LogP contribution < -0.4 is 11.1 Å². The summed E-state index contributed by atoms with van der Waals surface area (Å²) in [6.07, 6.45) is 0.716. The van der Waals surface area contributed by atoms with Gasteiger partial charge in [0.15, 0.2) is 0 Å². The lowest BCUT2D eigenvalue weighted by molar-refractivity contribution is -0.127. The molecule has 0 aromatic rings. The zero-order chi connectivity index (χ0) is 14.1. The third-order valence-corrected chi connectivity index (χ3v) is 1.49. The number of carbonyl (C=O) groups is 3. The molecule has 10 nitrogen and oxygen atoms in total. The molecule has 0 aromatic heterocycles. The van der Waals surface area contributed by atoms with Crippen molar-refractivity contribution < 1.29 is 19.5 Å². The van der Waals surface area contributed by atoms with Gasteiger partial charge in [-0.3, -0.25) is 14.9 Å². The van der Waals surface area contributed by atoms with E-state index < -0.39 is 35.7 Å². The molecule has 0 unspecified atom stereocenters. The molecular weight excluding hydrogens is 244 g/mol. The molecule has 0 aliphatic rings. The first kappa shape index (κ1) is 15.1. The molecule has 4 N–H and O–H groups in total. The van der Waals surface area contributed by atoms with E-state index in [1.807, 2.05) is 5.32 Å². The number of aliphatic hydroxyl groups excluding tert-OH is 1. The quantitative estimate of drug-likeness (QED) is 0.159. The number of aliphatic hydroxyl groups is 1. The Hall–Kier alpha value is -2.87. The molecule has 0 saturated carbocycles. The van der Waals surface area contributed by atoms with Crippen molar-refractivity contribution in [2.24, 2.45) is 15.8 Å². The van der Waals surface area contributed by atoms with Gasteiger partial charge < -0.3 is 10.8 Å². The van der Waals surface area contributed by atoms with E-state index in [9.17, 15) is 14.4 Å². The van der Waals surface area contributed by atoms with Crippen LogP contribution in [0.25, 0.3) is 10.4 Å². The minimum absolute atomic E-state index is 0.414. The van der Waals surface area contributed by atoms with Gasteiger partial charge in [-0.25, -0.2) is 9.79 Å². The molecule has 0 saturated heterocycles. The number of hydrogen-bond donors (Lipinski definition) is 3. The predicted octanol–water partition coefficient (Wildman–Crippen LogP) is -0.0790. The van der Waals surface area contributed by atoms with Crippen LogP contribution in [-0.4, -0.2) is 35.7 Å². The van der Waals surface area contributed by atoms with Gasteiger partial charge in [0.05, 0.1) is 5.57 Å². The number of allylic oxidation sites excluding steroid dienone is 1. The molecule has 0 heterocycles. The fraction of sp³-hybridized carbons (Fsp3) is 0.250. The van der Waals surface area contributed by atoms with Crippen LogP contribution in [0.4, 0.5) is 4.79 Å². The van der Waals surface area contributed by atoms with Crippen molar-refractivity contribution in [1.82, 2.24) is 5.32 Å². The Morgan fingerprint density at radius 3 is 2.56 bits per heavy atom. The Labute approximate surface area is 101 Å². The first-order valence-electron chi connectivity index (χ1n) is 4.46. The molecule has 0 rings (SSSR count). The van der Waals surface area contributed by atoms with Crippen LogP contribution in [0.1, 0.15) is 6.92 Å². The maximum Gasteiger partial charge on any atom is 0.338 e. The number of nitrogens with zero attached hydrogens (tertiary/aromatic N) is 4. The lowest BCUT2D eigenvalue weighted by Gasteiger charge is -2.03. The zero-order valence-electron chi connectivity index (χ0n) is 9.32. The summed E-state index contributed by atoms with van der Waals surface area (Å²) in [6.45, 7) is 0.576. The number of aliphatic imine (C=N–C) groups is 1. The van der Waals surface area contributed by atoms with E-state index in [0.29, 0.717) is 6.21 Å². The Morgan fingerprint density at radius 2 is 2.11 bits per heavy atom. The summed E-state index contributed by atoms with van der Waals surface area (Å²) in [5, 5.41) is 13.9. The Morgan fingerprint density at radius 1 is 1.50 bits per heavy atom. The van der Waals surface area contributed by atoms with Crippen LogP contribution in [0.2, 0.25) is 0 Å². The molecule has 10 heteroatoms. The summed E-state index contributed by atoms with van der Waals surface area (Å²) in [5.41, 5.74) is 12.3. The topological polar surface area (TPSA) is 171 Å². The van der Waals surface area contributed by atoms with E-state index in [0.717, 1.165) is 6.92 Å². The number of hydrogen-bond acceptors (Lipinski definition) is 5. The normalized spacial score (nSPS) is 11.4. The van der Waals surface area contributed by atoms with Crippen LogP contribution in [0.5, 0.6) is 0 Å². The third kappa shape index (κ3) is 5.88. The molecular formula is C8H10N6O4. The van der Waals surface area contributed by atoms with Crippen LogP contribution in [0.3, 0.4) is 0 Å². The summed E-state index contributed by atoms with van der Waals surface area (Å²) in [7, 11) is 0. The number of nitrogens with two attached hydrogens (primary N) is 1. The highest BCUT2D eigenvalue weighted by molar-refractivity contribution is 6.18. The van der Waals surface area contributed by atoms with E-state index in [4.69, 9.17) is 16.4 Å². The van der Waals surface area contributed by atoms with Crippen molar-refractivity contribution >= 4 is 24.1 Å². The van der Waals surface area contributed by atoms with Gasteiger partial charge in [0.1, 0.15) is 12.3 Å². The highest BCUT2D eigenvalue weighted by Gasteiger charge is 2.14. The summed E-state index contributed by atoms with van der Waals surface area (Å²) in [4.78, 5) is 38.3. The molecule has 0 aliphatic carbocycles. The number of urea groups is 1. The molecule has 0 radical (unpaired) electrons. The van der Waals surface area contributed by atoms with E-state index in [1.54, 1.807) is 0 Å². The Kier molecular flexibility index (Phi) is 6.23. The number of primary amides is 1. The van der Waals surface area contributed by atoms with Crippen LogP contribution in [0.15, 0.2) is 21.4 Å². The first-order valence-corrected chi connectivity index (χ1v) is 4.46. The molecule has 4 amide bonds.